The minimum Gasteiger partial charge on any atom is -0.323 e. The Kier molecular flexibility index (Phi) is 3.19. The molecule has 1 aromatic heterocycles. The summed E-state index contributed by atoms with van der Waals surface area (Å²) in [6.45, 7) is 4.18. The highest BCUT2D eigenvalue weighted by Gasteiger charge is 2.24. The Hall–Kier alpha value is -2.95. The van der Waals surface area contributed by atoms with Gasteiger partial charge in [0.2, 0.25) is 5.95 Å². The third kappa shape index (κ3) is 2.50. The number of rotatable bonds is 2. The van der Waals surface area contributed by atoms with E-state index < -0.39 is 0 Å². The number of tetrazole rings is 1. The molecule has 1 aliphatic heterocycles. The molecule has 0 radical (unpaired) electrons. The van der Waals surface area contributed by atoms with Gasteiger partial charge in [-0.2, -0.15) is 4.68 Å². The van der Waals surface area contributed by atoms with Gasteiger partial charge < -0.3 is 5.32 Å². The molecular formula is C18H17N5. The summed E-state index contributed by atoms with van der Waals surface area (Å²) in [5.41, 5.74) is 5.79. The zero-order valence-corrected chi connectivity index (χ0v) is 13.1. The van der Waals surface area contributed by atoms with Crippen molar-refractivity contribution in [1.82, 2.24) is 20.2 Å². The largest absolute Gasteiger partial charge is 0.323 e. The van der Waals surface area contributed by atoms with Crippen LogP contribution in [0.1, 0.15) is 28.3 Å². The summed E-state index contributed by atoms with van der Waals surface area (Å²) in [4.78, 5) is 0. The van der Waals surface area contributed by atoms with Crippen molar-refractivity contribution in [3.63, 3.8) is 0 Å². The molecular weight excluding hydrogens is 286 g/mol. The molecule has 0 amide bonds. The smallest absolute Gasteiger partial charge is 0.248 e. The lowest BCUT2D eigenvalue weighted by Gasteiger charge is -2.23. The van der Waals surface area contributed by atoms with Crippen molar-refractivity contribution in [2.45, 2.75) is 19.9 Å². The average molecular weight is 303 g/mol. The van der Waals surface area contributed by atoms with E-state index in [9.17, 15) is 0 Å². The molecule has 0 unspecified atom stereocenters. The van der Waals surface area contributed by atoms with E-state index in [4.69, 9.17) is 0 Å². The predicted molar refractivity (Wildman–Crippen MR) is 89.9 cm³/mol. The lowest BCUT2D eigenvalue weighted by molar-refractivity contribution is 0.585. The fourth-order valence-corrected chi connectivity index (χ4v) is 2.85. The predicted octanol–water partition coefficient (Wildman–Crippen LogP) is 3.35. The number of allylic oxidation sites excluding steroid dienone is 1. The third-order valence-corrected chi connectivity index (χ3v) is 4.07. The zero-order chi connectivity index (χ0) is 15.8. The maximum Gasteiger partial charge on any atom is 0.248 e. The minimum absolute atomic E-state index is 0.0162. The first kappa shape index (κ1) is 13.7. The van der Waals surface area contributed by atoms with Gasteiger partial charge in [-0.1, -0.05) is 64.8 Å². The van der Waals surface area contributed by atoms with Crippen molar-refractivity contribution in [2.75, 3.05) is 5.32 Å². The summed E-state index contributed by atoms with van der Waals surface area (Å²) in [5, 5.41) is 15.4. The molecule has 2 heterocycles. The highest BCUT2D eigenvalue weighted by atomic mass is 15.6. The van der Waals surface area contributed by atoms with Gasteiger partial charge in [0, 0.05) is 5.70 Å². The maximum atomic E-state index is 4.13. The van der Waals surface area contributed by atoms with Crippen molar-refractivity contribution >= 4 is 11.6 Å². The number of anilines is 1. The second-order valence-electron chi connectivity index (χ2n) is 5.88. The third-order valence-electron chi connectivity index (χ3n) is 4.07. The second kappa shape index (κ2) is 5.35. The molecule has 5 nitrogen and oxygen atoms in total. The van der Waals surface area contributed by atoms with Gasteiger partial charge in [0.05, 0.1) is 0 Å². The Morgan fingerprint density at radius 1 is 1.00 bits per heavy atom. The van der Waals surface area contributed by atoms with Gasteiger partial charge in [-0.25, -0.2) is 0 Å². The van der Waals surface area contributed by atoms with Crippen LogP contribution >= 0.6 is 0 Å². The average Bonchev–Trinajstić information content (AvgIpc) is 3.03. The second-order valence-corrected chi connectivity index (χ2v) is 5.88. The van der Waals surface area contributed by atoms with Gasteiger partial charge >= 0.3 is 0 Å². The molecule has 1 atom stereocenters. The van der Waals surface area contributed by atoms with Crippen LogP contribution in [0, 0.1) is 13.8 Å². The van der Waals surface area contributed by atoms with Crippen molar-refractivity contribution in [2.24, 2.45) is 0 Å². The standard InChI is InChI=1S/C18H17N5/c1-12-6-8-14(9-7-12)16-11-17(15-5-3-4-13(2)10-15)23-18(19-16)20-21-22-23/h3-11,17H,1-2H3,(H,19,20,22)/t17-/m1/s1. The topological polar surface area (TPSA) is 55.6 Å². The normalized spacial score (nSPS) is 16.4. The minimum atomic E-state index is -0.0162. The molecule has 0 saturated carbocycles. The Morgan fingerprint density at radius 2 is 1.83 bits per heavy atom. The van der Waals surface area contributed by atoms with Gasteiger partial charge in [0.15, 0.2) is 0 Å². The molecule has 4 rings (SSSR count). The number of hydrogen-bond donors (Lipinski definition) is 1. The number of nitrogens with zero attached hydrogens (tertiary/aromatic N) is 4. The number of nitrogens with one attached hydrogen (secondary N) is 1. The van der Waals surface area contributed by atoms with Crippen molar-refractivity contribution in [3.8, 4) is 0 Å². The Morgan fingerprint density at radius 3 is 2.61 bits per heavy atom. The number of aryl methyl sites for hydroxylation is 2. The first-order chi connectivity index (χ1) is 11.2. The Bertz CT molecular complexity index is 876. The summed E-state index contributed by atoms with van der Waals surface area (Å²) in [7, 11) is 0. The maximum absolute atomic E-state index is 4.13. The summed E-state index contributed by atoms with van der Waals surface area (Å²) >= 11 is 0. The monoisotopic (exact) mass is 303 g/mol. The molecule has 23 heavy (non-hydrogen) atoms. The number of hydrogen-bond acceptors (Lipinski definition) is 4. The molecule has 0 saturated heterocycles. The lowest BCUT2D eigenvalue weighted by Crippen LogP contribution is -2.20. The van der Waals surface area contributed by atoms with E-state index in [1.165, 1.54) is 16.7 Å². The molecule has 2 aromatic carbocycles. The van der Waals surface area contributed by atoms with Crippen LogP contribution in [-0.2, 0) is 0 Å². The van der Waals surface area contributed by atoms with Gasteiger partial charge in [0.25, 0.3) is 0 Å². The van der Waals surface area contributed by atoms with Crippen molar-refractivity contribution < 1.29 is 0 Å². The highest BCUT2D eigenvalue weighted by molar-refractivity contribution is 5.77. The van der Waals surface area contributed by atoms with Crippen LogP contribution < -0.4 is 5.32 Å². The Labute approximate surface area is 134 Å². The summed E-state index contributed by atoms with van der Waals surface area (Å²) in [5.74, 6) is 0.662. The highest BCUT2D eigenvalue weighted by Crippen LogP contribution is 2.31. The first-order valence-electron chi connectivity index (χ1n) is 7.61. The van der Waals surface area contributed by atoms with Crippen LogP contribution in [-0.4, -0.2) is 20.2 Å². The zero-order valence-electron chi connectivity index (χ0n) is 13.1. The quantitative estimate of drug-likeness (QED) is 0.789. The fourth-order valence-electron chi connectivity index (χ4n) is 2.85. The van der Waals surface area contributed by atoms with Crippen LogP contribution in [0.25, 0.3) is 5.70 Å². The SMILES string of the molecule is Cc1ccc(C2=C[C@H](c3cccc(C)c3)n3nnnc3N2)cc1. The Balaban J connectivity index is 1.81. The number of fused-ring (bicyclic) bond motifs is 1. The van der Waals surface area contributed by atoms with E-state index in [0.29, 0.717) is 5.95 Å². The van der Waals surface area contributed by atoms with Crippen LogP contribution in [0.5, 0.6) is 0 Å². The van der Waals surface area contributed by atoms with Crippen molar-refractivity contribution in [1.29, 1.82) is 0 Å². The fraction of sp³-hybridized carbons (Fsp3) is 0.167. The molecule has 1 aliphatic rings. The molecule has 5 heteroatoms. The van der Waals surface area contributed by atoms with E-state index in [2.05, 4.69) is 89.3 Å². The van der Waals surface area contributed by atoms with Crippen LogP contribution in [0.3, 0.4) is 0 Å². The number of benzene rings is 2. The summed E-state index contributed by atoms with van der Waals surface area (Å²) in [6, 6.07) is 16.9. The van der Waals surface area contributed by atoms with Crippen LogP contribution in [0.2, 0.25) is 0 Å². The molecule has 114 valence electrons. The molecule has 1 N–H and O–H groups in total. The first-order valence-corrected chi connectivity index (χ1v) is 7.61. The number of aromatic nitrogens is 4. The van der Waals surface area contributed by atoms with Gasteiger partial charge in [-0.3, -0.25) is 0 Å². The molecule has 0 spiro atoms. The van der Waals surface area contributed by atoms with Crippen molar-refractivity contribution in [3.05, 3.63) is 76.9 Å². The summed E-state index contributed by atoms with van der Waals surface area (Å²) in [6.07, 6.45) is 2.17. The van der Waals surface area contributed by atoms with Gasteiger partial charge in [0.1, 0.15) is 6.04 Å². The lowest BCUT2D eigenvalue weighted by atomic mass is 10.00. The van der Waals surface area contributed by atoms with Crippen LogP contribution in [0.4, 0.5) is 5.95 Å². The van der Waals surface area contributed by atoms with E-state index >= 15 is 0 Å². The van der Waals surface area contributed by atoms with E-state index in [0.717, 1.165) is 11.3 Å². The van der Waals surface area contributed by atoms with Gasteiger partial charge in [-0.15, -0.1) is 0 Å². The van der Waals surface area contributed by atoms with E-state index in [-0.39, 0.29) is 6.04 Å². The molecule has 0 fully saturated rings. The van der Waals surface area contributed by atoms with E-state index in [1.54, 1.807) is 0 Å². The summed E-state index contributed by atoms with van der Waals surface area (Å²) < 4.78 is 1.81. The molecule has 0 aliphatic carbocycles. The van der Waals surface area contributed by atoms with Crippen LogP contribution in [0.15, 0.2) is 54.6 Å². The van der Waals surface area contributed by atoms with Gasteiger partial charge in [-0.05, 0) is 41.5 Å². The van der Waals surface area contributed by atoms with E-state index in [1.807, 2.05) is 4.68 Å². The molecule has 3 aromatic rings. The molecule has 0 bridgehead atoms.